The molecule has 0 unspecified atom stereocenters. The summed E-state index contributed by atoms with van der Waals surface area (Å²) in [5.41, 5.74) is -0.390. The third kappa shape index (κ3) is 3.27. The van der Waals surface area contributed by atoms with Crippen LogP contribution < -0.4 is 0 Å². The average Bonchev–Trinajstić information content (AvgIpc) is 3.49. The lowest BCUT2D eigenvalue weighted by Crippen LogP contribution is -2.54. The van der Waals surface area contributed by atoms with Crippen molar-refractivity contribution < 1.29 is 18.3 Å². The maximum atomic E-state index is 13.5. The Labute approximate surface area is 159 Å². The number of hydrogen-bond donors (Lipinski definition) is 1. The molecular formula is C19H24ClNO4S. The minimum Gasteiger partial charge on any atom is -0.481 e. The van der Waals surface area contributed by atoms with Crippen LogP contribution in [0.4, 0.5) is 0 Å². The first kappa shape index (κ1) is 18.3. The summed E-state index contributed by atoms with van der Waals surface area (Å²) in [6.45, 7) is 0. The number of carboxylic acids is 1. The summed E-state index contributed by atoms with van der Waals surface area (Å²) < 4.78 is 28.8. The zero-order valence-electron chi connectivity index (χ0n) is 14.6. The van der Waals surface area contributed by atoms with E-state index in [0.717, 1.165) is 44.9 Å². The van der Waals surface area contributed by atoms with Crippen LogP contribution in [0, 0.1) is 11.3 Å². The predicted molar refractivity (Wildman–Crippen MR) is 98.5 cm³/mol. The van der Waals surface area contributed by atoms with Gasteiger partial charge in [0.15, 0.2) is 0 Å². The van der Waals surface area contributed by atoms with Gasteiger partial charge < -0.3 is 5.11 Å². The van der Waals surface area contributed by atoms with Gasteiger partial charge in [0.25, 0.3) is 0 Å². The second-order valence-corrected chi connectivity index (χ2v) is 10.4. The molecular weight excluding hydrogens is 374 g/mol. The third-order valence-corrected chi connectivity index (χ3v) is 8.47. The SMILES string of the molecule is O=C(O)CC1([C@@H]2CCC[C@H](C3CC3)N2S(=O)(=O)c2ccc(Cl)cc2)CC1. The van der Waals surface area contributed by atoms with Crippen LogP contribution in [0.1, 0.15) is 51.4 Å². The zero-order valence-corrected chi connectivity index (χ0v) is 16.2. The zero-order chi connectivity index (χ0) is 18.5. The minimum absolute atomic E-state index is 0.000646. The van der Waals surface area contributed by atoms with Crippen molar-refractivity contribution in [2.75, 3.05) is 0 Å². The maximum absolute atomic E-state index is 13.5. The minimum atomic E-state index is -3.68. The van der Waals surface area contributed by atoms with Crippen LogP contribution in [0.5, 0.6) is 0 Å². The van der Waals surface area contributed by atoms with Crippen molar-refractivity contribution in [1.82, 2.24) is 4.31 Å². The highest BCUT2D eigenvalue weighted by Gasteiger charge is 2.58. The van der Waals surface area contributed by atoms with E-state index < -0.39 is 16.0 Å². The van der Waals surface area contributed by atoms with E-state index in [2.05, 4.69) is 0 Å². The van der Waals surface area contributed by atoms with Gasteiger partial charge in [0.05, 0.1) is 11.3 Å². The Kier molecular flexibility index (Phi) is 4.56. The Bertz CT molecular complexity index is 799. The molecule has 0 amide bonds. The van der Waals surface area contributed by atoms with Crippen molar-refractivity contribution in [1.29, 1.82) is 0 Å². The third-order valence-electron chi connectivity index (χ3n) is 6.27. The smallest absolute Gasteiger partial charge is 0.303 e. The molecule has 3 fully saturated rings. The van der Waals surface area contributed by atoms with Crippen LogP contribution in [0.3, 0.4) is 0 Å². The van der Waals surface area contributed by atoms with Crippen molar-refractivity contribution >= 4 is 27.6 Å². The Morgan fingerprint density at radius 3 is 2.35 bits per heavy atom. The van der Waals surface area contributed by atoms with Gasteiger partial charge >= 0.3 is 5.97 Å². The second kappa shape index (κ2) is 6.50. The Balaban J connectivity index is 1.74. The normalized spacial score (nSPS) is 28.7. The summed E-state index contributed by atoms with van der Waals surface area (Å²) >= 11 is 5.93. The Hall–Kier alpha value is -1.11. The molecule has 142 valence electrons. The molecule has 0 spiro atoms. The second-order valence-electron chi connectivity index (χ2n) is 8.07. The van der Waals surface area contributed by atoms with E-state index in [9.17, 15) is 18.3 Å². The molecule has 1 heterocycles. The summed E-state index contributed by atoms with van der Waals surface area (Å²) in [6, 6.07) is 6.11. The first-order valence-electron chi connectivity index (χ1n) is 9.34. The quantitative estimate of drug-likeness (QED) is 0.789. The number of nitrogens with zero attached hydrogens (tertiary/aromatic N) is 1. The van der Waals surface area contributed by atoms with Crippen molar-refractivity contribution in [3.63, 3.8) is 0 Å². The summed E-state index contributed by atoms with van der Waals surface area (Å²) in [7, 11) is -3.68. The predicted octanol–water partition coefficient (Wildman–Crippen LogP) is 3.92. The molecule has 2 aliphatic carbocycles. The summed E-state index contributed by atoms with van der Waals surface area (Å²) in [5, 5.41) is 9.86. The molecule has 0 aromatic heterocycles. The summed E-state index contributed by atoms with van der Waals surface area (Å²) in [6.07, 6.45) is 6.38. The molecule has 1 N–H and O–H groups in total. The van der Waals surface area contributed by atoms with Crippen molar-refractivity contribution in [3.05, 3.63) is 29.3 Å². The highest BCUT2D eigenvalue weighted by molar-refractivity contribution is 7.89. The average molecular weight is 398 g/mol. The first-order chi connectivity index (χ1) is 12.3. The number of rotatable bonds is 6. The van der Waals surface area contributed by atoms with Gasteiger partial charge in [-0.1, -0.05) is 18.0 Å². The number of benzene rings is 1. The van der Waals surface area contributed by atoms with E-state index >= 15 is 0 Å². The lowest BCUT2D eigenvalue weighted by atomic mass is 9.83. The van der Waals surface area contributed by atoms with Crippen LogP contribution in [0.15, 0.2) is 29.2 Å². The van der Waals surface area contributed by atoms with Crippen LogP contribution in [0.25, 0.3) is 0 Å². The van der Waals surface area contributed by atoms with E-state index in [1.54, 1.807) is 28.6 Å². The number of piperidine rings is 1. The van der Waals surface area contributed by atoms with Crippen LogP contribution in [0.2, 0.25) is 5.02 Å². The van der Waals surface area contributed by atoms with Crippen molar-refractivity contribution in [2.24, 2.45) is 11.3 Å². The Morgan fingerprint density at radius 1 is 1.15 bits per heavy atom. The maximum Gasteiger partial charge on any atom is 0.303 e. The molecule has 1 aromatic carbocycles. The van der Waals surface area contributed by atoms with Gasteiger partial charge in [-0.15, -0.1) is 0 Å². The summed E-state index contributed by atoms with van der Waals surface area (Å²) in [4.78, 5) is 11.7. The standard InChI is InChI=1S/C19H24ClNO4S/c20-14-6-8-15(9-7-14)26(24,25)21-16(13-4-5-13)2-1-3-17(21)19(10-11-19)12-18(22)23/h6-9,13,16-17H,1-5,10-12H2,(H,22,23)/t16-,17+/m1/s1. The van der Waals surface area contributed by atoms with Gasteiger partial charge in [0.2, 0.25) is 10.0 Å². The lowest BCUT2D eigenvalue weighted by Gasteiger charge is -2.45. The van der Waals surface area contributed by atoms with Crippen molar-refractivity contribution in [2.45, 2.75) is 68.3 Å². The van der Waals surface area contributed by atoms with E-state index in [1.807, 2.05) is 0 Å². The largest absolute Gasteiger partial charge is 0.481 e. The van der Waals surface area contributed by atoms with E-state index in [0.29, 0.717) is 10.9 Å². The van der Waals surface area contributed by atoms with Gasteiger partial charge in [0.1, 0.15) is 0 Å². The highest BCUT2D eigenvalue weighted by Crippen LogP contribution is 2.58. The number of aliphatic carboxylic acids is 1. The van der Waals surface area contributed by atoms with Gasteiger partial charge in [-0.05, 0) is 74.1 Å². The number of hydrogen-bond acceptors (Lipinski definition) is 3. The number of carboxylic acid groups (broad SMARTS) is 1. The number of sulfonamides is 1. The fraction of sp³-hybridized carbons (Fsp3) is 0.632. The van der Waals surface area contributed by atoms with E-state index in [-0.39, 0.29) is 28.8 Å². The number of halogens is 1. The highest BCUT2D eigenvalue weighted by atomic mass is 35.5. The first-order valence-corrected chi connectivity index (χ1v) is 11.2. The van der Waals surface area contributed by atoms with Gasteiger partial charge in [0, 0.05) is 17.1 Å². The number of carbonyl (C=O) groups is 1. The molecule has 0 radical (unpaired) electrons. The molecule has 1 aromatic rings. The molecule has 1 saturated heterocycles. The molecule has 5 nitrogen and oxygen atoms in total. The molecule has 26 heavy (non-hydrogen) atoms. The fourth-order valence-electron chi connectivity index (χ4n) is 4.67. The lowest BCUT2D eigenvalue weighted by molar-refractivity contribution is -0.139. The molecule has 4 rings (SSSR count). The van der Waals surface area contributed by atoms with Crippen LogP contribution in [-0.2, 0) is 14.8 Å². The van der Waals surface area contributed by atoms with E-state index in [1.165, 1.54) is 0 Å². The van der Waals surface area contributed by atoms with Crippen LogP contribution >= 0.6 is 11.6 Å². The van der Waals surface area contributed by atoms with Crippen molar-refractivity contribution in [3.8, 4) is 0 Å². The fourth-order valence-corrected chi connectivity index (χ4v) is 6.82. The van der Waals surface area contributed by atoms with Crippen LogP contribution in [-0.4, -0.2) is 35.9 Å². The molecule has 1 aliphatic heterocycles. The summed E-state index contributed by atoms with van der Waals surface area (Å²) in [5.74, 6) is -0.416. The molecule has 2 atom stereocenters. The Morgan fingerprint density at radius 2 is 1.81 bits per heavy atom. The molecule has 7 heteroatoms. The van der Waals surface area contributed by atoms with Gasteiger partial charge in [-0.2, -0.15) is 4.31 Å². The molecule has 0 bridgehead atoms. The monoisotopic (exact) mass is 397 g/mol. The topological polar surface area (TPSA) is 74.7 Å². The molecule has 3 aliphatic rings. The van der Waals surface area contributed by atoms with Gasteiger partial charge in [-0.3, -0.25) is 4.79 Å². The molecule has 2 saturated carbocycles. The van der Waals surface area contributed by atoms with Gasteiger partial charge in [-0.25, -0.2) is 8.42 Å². The van der Waals surface area contributed by atoms with E-state index in [4.69, 9.17) is 11.6 Å².